The third-order valence-corrected chi connectivity index (χ3v) is 7.55. The fourth-order valence-electron chi connectivity index (χ4n) is 4.68. The lowest BCUT2D eigenvalue weighted by Crippen LogP contribution is -2.29. The Hall–Kier alpha value is -4.23. The summed E-state index contributed by atoms with van der Waals surface area (Å²) in [6.45, 7) is 8.82. The normalized spacial score (nSPS) is 17.0. The van der Waals surface area contributed by atoms with E-state index in [2.05, 4.69) is 31.8 Å². The highest BCUT2D eigenvalue weighted by Crippen LogP contribution is 2.43. The number of amides is 1. The van der Waals surface area contributed by atoms with Gasteiger partial charge in [0.15, 0.2) is 5.13 Å². The molecule has 2 heterocycles. The number of rotatable bonds is 6. The van der Waals surface area contributed by atoms with Crippen molar-refractivity contribution in [3.63, 3.8) is 0 Å². The molecule has 1 N–H and O–H groups in total. The van der Waals surface area contributed by atoms with Crippen molar-refractivity contribution in [3.8, 4) is 5.75 Å². The monoisotopic (exact) mass is 538 g/mol. The number of aliphatic hydroxyl groups excluding tert-OH is 1. The summed E-state index contributed by atoms with van der Waals surface area (Å²) in [5.74, 6) is -1.06. The van der Waals surface area contributed by atoms with Gasteiger partial charge in [0, 0.05) is 17.1 Å². The maximum atomic E-state index is 13.3. The number of aliphatic hydroxyl groups is 1. The zero-order chi connectivity index (χ0) is 27.7. The summed E-state index contributed by atoms with van der Waals surface area (Å²) in [5.41, 5.74) is 4.46. The number of aryl methyl sites for hydroxylation is 1. The van der Waals surface area contributed by atoms with Gasteiger partial charge < -0.3 is 9.84 Å². The van der Waals surface area contributed by atoms with E-state index in [9.17, 15) is 14.7 Å². The summed E-state index contributed by atoms with van der Waals surface area (Å²) in [5, 5.41) is 13.5. The molecule has 0 saturated carbocycles. The predicted octanol–water partition coefficient (Wildman–Crippen LogP) is 6.95. The number of aromatic nitrogens is 1. The lowest BCUT2D eigenvalue weighted by atomic mass is 9.85. The van der Waals surface area contributed by atoms with Gasteiger partial charge in [-0.1, -0.05) is 74.9 Å². The molecule has 0 aliphatic carbocycles. The smallest absolute Gasteiger partial charge is 0.301 e. The average molecular weight is 539 g/mol. The Morgan fingerprint density at radius 3 is 2.36 bits per heavy atom. The molecule has 7 heteroatoms. The van der Waals surface area contributed by atoms with Gasteiger partial charge >= 0.3 is 5.91 Å². The van der Waals surface area contributed by atoms with Crippen molar-refractivity contribution in [1.29, 1.82) is 0 Å². The van der Waals surface area contributed by atoms with E-state index in [-0.39, 0.29) is 16.7 Å². The molecule has 1 saturated heterocycles. The number of benzene rings is 3. The van der Waals surface area contributed by atoms with Crippen molar-refractivity contribution in [2.45, 2.75) is 45.8 Å². The molecule has 1 atom stereocenters. The average Bonchev–Trinajstić information content (AvgIpc) is 3.53. The zero-order valence-corrected chi connectivity index (χ0v) is 23.2. The number of ether oxygens (including phenoxy) is 1. The first-order chi connectivity index (χ1) is 18.6. The fraction of sp³-hybridized carbons (Fsp3) is 0.219. The Morgan fingerprint density at radius 2 is 1.74 bits per heavy atom. The summed E-state index contributed by atoms with van der Waals surface area (Å²) in [4.78, 5) is 32.2. The number of hydrogen-bond acceptors (Lipinski definition) is 6. The fourth-order valence-corrected chi connectivity index (χ4v) is 5.35. The van der Waals surface area contributed by atoms with Crippen LogP contribution in [0, 0.1) is 6.92 Å². The number of thiazole rings is 1. The number of nitrogens with zero attached hydrogens (tertiary/aromatic N) is 2. The second kappa shape index (κ2) is 10.5. The molecule has 5 rings (SSSR count). The lowest BCUT2D eigenvalue weighted by Gasteiger charge is -2.24. The molecule has 1 amide bonds. The summed E-state index contributed by atoms with van der Waals surface area (Å²) in [7, 11) is 0. The molecule has 1 aliphatic rings. The van der Waals surface area contributed by atoms with E-state index in [1.807, 2.05) is 49.4 Å². The van der Waals surface area contributed by atoms with E-state index >= 15 is 0 Å². The molecular weight excluding hydrogens is 508 g/mol. The molecule has 3 aromatic carbocycles. The molecular formula is C32H30N2O4S. The van der Waals surface area contributed by atoms with Crippen molar-refractivity contribution >= 4 is 33.9 Å². The summed E-state index contributed by atoms with van der Waals surface area (Å²) >= 11 is 1.27. The van der Waals surface area contributed by atoms with Crippen LogP contribution in [0.4, 0.5) is 5.13 Å². The minimum atomic E-state index is -0.803. The molecule has 1 unspecified atom stereocenters. The van der Waals surface area contributed by atoms with Gasteiger partial charge in [-0.05, 0) is 53.3 Å². The summed E-state index contributed by atoms with van der Waals surface area (Å²) in [6.07, 6.45) is 1.59. The van der Waals surface area contributed by atoms with E-state index in [0.29, 0.717) is 23.1 Å². The van der Waals surface area contributed by atoms with Crippen LogP contribution in [-0.4, -0.2) is 21.8 Å². The van der Waals surface area contributed by atoms with Crippen LogP contribution in [0.1, 0.15) is 54.6 Å². The van der Waals surface area contributed by atoms with Crippen LogP contribution < -0.4 is 9.64 Å². The number of ketones is 1. The molecule has 6 nitrogen and oxygen atoms in total. The maximum absolute atomic E-state index is 13.3. The zero-order valence-electron chi connectivity index (χ0n) is 22.3. The largest absolute Gasteiger partial charge is 0.507 e. The molecule has 1 aliphatic heterocycles. The topological polar surface area (TPSA) is 79.7 Å². The SMILES string of the molecule is Cc1cccc(COc2ccc(/C(O)=C3/C(=O)C(=O)N(c4nccs4)C3c3ccc(C(C)(C)C)cc3)cc2)c1. The highest BCUT2D eigenvalue weighted by atomic mass is 32.1. The van der Waals surface area contributed by atoms with Crippen molar-refractivity contribution in [2.75, 3.05) is 4.90 Å². The van der Waals surface area contributed by atoms with Gasteiger partial charge in [0.2, 0.25) is 0 Å². The Kier molecular flexibility index (Phi) is 7.10. The Bertz CT molecular complexity index is 1530. The molecule has 0 bridgehead atoms. The highest BCUT2D eigenvalue weighted by molar-refractivity contribution is 7.14. The van der Waals surface area contributed by atoms with Crippen molar-refractivity contribution in [1.82, 2.24) is 4.98 Å². The van der Waals surface area contributed by atoms with E-state index < -0.39 is 17.7 Å². The number of hydrogen-bond donors (Lipinski definition) is 1. The second-order valence-electron chi connectivity index (χ2n) is 10.7. The first-order valence-corrected chi connectivity index (χ1v) is 13.6. The van der Waals surface area contributed by atoms with E-state index in [1.54, 1.807) is 35.8 Å². The van der Waals surface area contributed by atoms with Gasteiger partial charge in [-0.3, -0.25) is 14.5 Å². The second-order valence-corrected chi connectivity index (χ2v) is 11.5. The number of carbonyl (C=O) groups is 2. The van der Waals surface area contributed by atoms with Gasteiger partial charge in [-0.25, -0.2) is 4.98 Å². The quantitative estimate of drug-likeness (QED) is 0.163. The van der Waals surface area contributed by atoms with Crippen molar-refractivity contribution < 1.29 is 19.4 Å². The van der Waals surface area contributed by atoms with Crippen LogP contribution in [0.5, 0.6) is 5.75 Å². The lowest BCUT2D eigenvalue weighted by molar-refractivity contribution is -0.132. The predicted molar refractivity (Wildman–Crippen MR) is 154 cm³/mol. The maximum Gasteiger partial charge on any atom is 0.301 e. The third kappa shape index (κ3) is 5.36. The van der Waals surface area contributed by atoms with Crippen LogP contribution in [0.25, 0.3) is 5.76 Å². The highest BCUT2D eigenvalue weighted by Gasteiger charge is 2.48. The Labute approximate surface area is 232 Å². The minimum Gasteiger partial charge on any atom is -0.507 e. The molecule has 198 valence electrons. The van der Waals surface area contributed by atoms with E-state index in [4.69, 9.17) is 4.74 Å². The Morgan fingerprint density at radius 1 is 1.03 bits per heavy atom. The number of anilines is 1. The molecule has 0 radical (unpaired) electrons. The van der Waals surface area contributed by atoms with Gasteiger partial charge in [-0.15, -0.1) is 11.3 Å². The van der Waals surface area contributed by atoms with Crippen LogP contribution in [-0.2, 0) is 21.6 Å². The molecule has 1 aromatic heterocycles. The first-order valence-electron chi connectivity index (χ1n) is 12.7. The first kappa shape index (κ1) is 26.4. The molecule has 4 aromatic rings. The van der Waals surface area contributed by atoms with E-state index in [0.717, 1.165) is 22.3 Å². The third-order valence-electron chi connectivity index (χ3n) is 6.78. The van der Waals surface area contributed by atoms with Gasteiger partial charge in [0.1, 0.15) is 18.1 Å². The van der Waals surface area contributed by atoms with Crippen LogP contribution in [0.15, 0.2) is 89.9 Å². The minimum absolute atomic E-state index is 0.0344. The van der Waals surface area contributed by atoms with Gasteiger partial charge in [0.05, 0.1) is 11.6 Å². The number of Topliss-reactive ketones (excluding diaryl/α,β-unsaturated/α-hetero) is 1. The van der Waals surface area contributed by atoms with Crippen LogP contribution in [0.2, 0.25) is 0 Å². The van der Waals surface area contributed by atoms with Crippen molar-refractivity contribution in [2.24, 2.45) is 0 Å². The molecule has 1 fully saturated rings. The number of carbonyl (C=O) groups excluding carboxylic acids is 2. The van der Waals surface area contributed by atoms with E-state index in [1.165, 1.54) is 16.2 Å². The van der Waals surface area contributed by atoms with Gasteiger partial charge in [-0.2, -0.15) is 0 Å². The standard InChI is InChI=1S/C32H30N2O4S/c1-20-6-5-7-21(18-20)19-38-25-14-10-23(11-15-25)28(35)26-27(22-8-12-24(13-9-22)32(2,3)4)34(30(37)29(26)36)31-33-16-17-39-31/h5-18,27,35H,19H2,1-4H3/b28-26-. The van der Waals surface area contributed by atoms with Crippen LogP contribution in [0.3, 0.4) is 0 Å². The van der Waals surface area contributed by atoms with Crippen LogP contribution >= 0.6 is 11.3 Å². The van der Waals surface area contributed by atoms with Crippen molar-refractivity contribution in [3.05, 3.63) is 118 Å². The van der Waals surface area contributed by atoms with Gasteiger partial charge in [0.25, 0.3) is 5.78 Å². The molecule has 0 spiro atoms. The summed E-state index contributed by atoms with van der Waals surface area (Å²) < 4.78 is 5.91. The summed E-state index contributed by atoms with van der Waals surface area (Å²) in [6, 6.07) is 22.0. The molecule has 39 heavy (non-hydrogen) atoms. The Balaban J connectivity index is 1.50.